The van der Waals surface area contributed by atoms with E-state index in [1.165, 1.54) is 89.9 Å². The predicted molar refractivity (Wildman–Crippen MR) is 156 cm³/mol. The number of carbonyl (C=O) groups is 1. The number of hydrogen-bond donors (Lipinski definition) is 1. The van der Waals surface area contributed by atoms with Gasteiger partial charge in [0, 0.05) is 12.8 Å². The number of ether oxygens (including phenoxy) is 1. The number of hydrogen-bond acceptors (Lipinski definition) is 2. The number of allylic oxidation sites excluding steroid dienone is 1. The Balaban J connectivity index is -0.00000104. The maximum atomic E-state index is 10.6. The average molecular weight is 535 g/mol. The Morgan fingerprint density at radius 1 is 0.750 bits per heavy atom. The molecule has 2 N–H and O–H groups in total. The van der Waals surface area contributed by atoms with Crippen molar-refractivity contribution in [3.8, 4) is 0 Å². The van der Waals surface area contributed by atoms with Gasteiger partial charge in [0.2, 0.25) is 5.91 Å². The van der Waals surface area contributed by atoms with Gasteiger partial charge in [0.05, 0.1) is 12.4 Å². The molecule has 0 fully saturated rings. The van der Waals surface area contributed by atoms with E-state index in [-0.39, 0.29) is 57.3 Å². The Hall–Kier alpha value is 0.606. The molecule has 0 saturated heterocycles. The van der Waals surface area contributed by atoms with E-state index in [0.29, 0.717) is 12.3 Å². The minimum atomic E-state index is -0.237. The summed E-state index contributed by atoms with van der Waals surface area (Å²) in [6, 6.07) is 0. The first kappa shape index (κ1) is 41.1. The first-order chi connectivity index (χ1) is 17.0. The Morgan fingerprint density at radius 2 is 1.22 bits per heavy atom. The van der Waals surface area contributed by atoms with Gasteiger partial charge in [-0.15, -0.1) is 13.1 Å². The van der Waals surface area contributed by atoms with E-state index >= 15 is 0 Å². The van der Waals surface area contributed by atoms with Gasteiger partial charge >= 0.3 is 51.4 Å². The molecular weight excluding hydrogens is 471 g/mol. The number of nitrogens with zero attached hydrogens (tertiary/aromatic N) is 1. The van der Waals surface area contributed by atoms with Crippen LogP contribution in [0.3, 0.4) is 0 Å². The normalized spacial score (nSPS) is 11.2. The number of unbranched alkanes of at least 4 members (excludes halogenated alkanes) is 13. The molecule has 1 amide bonds. The number of primary amides is 1. The molecule has 0 aliphatic rings. The van der Waals surface area contributed by atoms with Crippen LogP contribution in [-0.4, -0.2) is 25.6 Å². The van der Waals surface area contributed by atoms with Crippen molar-refractivity contribution in [1.29, 1.82) is 0 Å². The SMILES string of the molecule is C=C(CCCC(C)C[N-]CCCC(N)=O)OCCCCCCCCCCC.CCCCCCCC.[K+]. The quantitative estimate of drug-likeness (QED) is 0.0748. The standard InChI is InChI=1S/C23H45N2O2.C8H18.K/c1-4-5-6-7-8-9-10-11-12-19-27-22(3)16-13-15-21(2)20-25-18-14-17-23(24)26;1-3-5-7-8-6-4-2;/h21H,3-20H2,1-2H3,(H2,24,26);3-8H2,1-2H3;/q-1;;+1. The van der Waals surface area contributed by atoms with Crippen molar-refractivity contribution >= 4 is 5.91 Å². The summed E-state index contributed by atoms with van der Waals surface area (Å²) in [6.45, 7) is 15.5. The van der Waals surface area contributed by atoms with E-state index in [1.807, 2.05) is 0 Å². The van der Waals surface area contributed by atoms with Crippen LogP contribution in [0.5, 0.6) is 0 Å². The van der Waals surface area contributed by atoms with Gasteiger partial charge in [-0.3, -0.25) is 4.79 Å². The smallest absolute Gasteiger partial charge is 0.662 e. The van der Waals surface area contributed by atoms with Crippen LogP contribution in [0.1, 0.15) is 156 Å². The molecule has 0 saturated carbocycles. The molecule has 4 nitrogen and oxygen atoms in total. The van der Waals surface area contributed by atoms with Crippen LogP contribution in [0, 0.1) is 5.92 Å². The summed E-state index contributed by atoms with van der Waals surface area (Å²) in [7, 11) is 0. The molecular formula is C31H63KN2O2. The summed E-state index contributed by atoms with van der Waals surface area (Å²) in [5, 5.41) is 4.49. The minimum Gasteiger partial charge on any atom is -0.662 e. The molecule has 0 heterocycles. The average Bonchev–Trinajstić information content (AvgIpc) is 2.83. The van der Waals surface area contributed by atoms with Crippen molar-refractivity contribution in [2.24, 2.45) is 11.7 Å². The fourth-order valence-electron chi connectivity index (χ4n) is 3.97. The van der Waals surface area contributed by atoms with Gasteiger partial charge in [-0.05, 0) is 12.8 Å². The molecule has 0 aromatic heterocycles. The summed E-state index contributed by atoms with van der Waals surface area (Å²) < 4.78 is 5.76. The number of nitrogens with two attached hydrogens (primary N) is 1. The second-order valence-corrected chi connectivity index (χ2v) is 10.3. The van der Waals surface area contributed by atoms with Crippen molar-refractivity contribution < 1.29 is 60.9 Å². The van der Waals surface area contributed by atoms with Crippen LogP contribution in [-0.2, 0) is 9.53 Å². The molecule has 0 bridgehead atoms. The first-order valence-electron chi connectivity index (χ1n) is 15.2. The van der Waals surface area contributed by atoms with Crippen molar-refractivity contribution in [3.05, 3.63) is 17.7 Å². The van der Waals surface area contributed by atoms with Crippen LogP contribution >= 0.6 is 0 Å². The van der Waals surface area contributed by atoms with Crippen LogP contribution in [0.4, 0.5) is 0 Å². The molecule has 1 atom stereocenters. The third-order valence-corrected chi connectivity index (χ3v) is 6.34. The molecule has 0 aromatic rings. The van der Waals surface area contributed by atoms with Gasteiger partial charge in [0.1, 0.15) is 0 Å². The summed E-state index contributed by atoms with van der Waals surface area (Å²) in [4.78, 5) is 10.6. The topological polar surface area (TPSA) is 66.4 Å². The van der Waals surface area contributed by atoms with Crippen LogP contribution in [0.2, 0.25) is 0 Å². The second kappa shape index (κ2) is 35.6. The van der Waals surface area contributed by atoms with Crippen molar-refractivity contribution in [1.82, 2.24) is 0 Å². The zero-order valence-electron chi connectivity index (χ0n) is 25.4. The maximum Gasteiger partial charge on any atom is 1.00 e. The predicted octanol–water partition coefficient (Wildman–Crippen LogP) is 6.86. The second-order valence-electron chi connectivity index (χ2n) is 10.3. The molecule has 0 aliphatic carbocycles. The number of rotatable bonds is 26. The van der Waals surface area contributed by atoms with Crippen molar-refractivity contribution in [3.63, 3.8) is 0 Å². The molecule has 36 heavy (non-hydrogen) atoms. The zero-order chi connectivity index (χ0) is 26.4. The van der Waals surface area contributed by atoms with Gasteiger partial charge in [0.15, 0.2) is 0 Å². The van der Waals surface area contributed by atoms with E-state index in [1.54, 1.807) is 0 Å². The fraction of sp³-hybridized carbons (Fsp3) is 0.903. The van der Waals surface area contributed by atoms with Crippen molar-refractivity contribution in [2.45, 2.75) is 156 Å². The summed E-state index contributed by atoms with van der Waals surface area (Å²) in [5.41, 5.74) is 5.11. The molecule has 0 spiro atoms. The first-order valence-corrected chi connectivity index (χ1v) is 15.2. The summed E-state index contributed by atoms with van der Waals surface area (Å²) in [5.74, 6) is 1.27. The maximum absolute atomic E-state index is 10.6. The van der Waals surface area contributed by atoms with Crippen LogP contribution < -0.4 is 57.1 Å². The Labute approximate surface area is 269 Å². The molecule has 210 valence electrons. The minimum absolute atomic E-state index is 0. The molecule has 0 rings (SSSR count). The fourth-order valence-corrected chi connectivity index (χ4v) is 3.97. The summed E-state index contributed by atoms with van der Waals surface area (Å²) >= 11 is 0. The molecule has 0 aliphatic heterocycles. The van der Waals surface area contributed by atoms with Crippen LogP contribution in [0.15, 0.2) is 12.3 Å². The Bertz CT molecular complexity index is 440. The Kier molecular flexibility index (Phi) is 40.6. The van der Waals surface area contributed by atoms with E-state index in [2.05, 4.69) is 39.6 Å². The monoisotopic (exact) mass is 534 g/mol. The van der Waals surface area contributed by atoms with Gasteiger partial charge in [-0.1, -0.05) is 143 Å². The third-order valence-electron chi connectivity index (χ3n) is 6.34. The molecule has 5 heteroatoms. The van der Waals surface area contributed by atoms with E-state index < -0.39 is 0 Å². The van der Waals surface area contributed by atoms with Gasteiger partial charge < -0.3 is 15.8 Å². The largest absolute Gasteiger partial charge is 1.00 e. The molecule has 0 radical (unpaired) electrons. The van der Waals surface area contributed by atoms with Crippen LogP contribution in [0.25, 0.3) is 5.32 Å². The number of amides is 1. The summed E-state index contributed by atoms with van der Waals surface area (Å²) in [6.07, 6.45) is 24.9. The van der Waals surface area contributed by atoms with E-state index in [4.69, 9.17) is 10.5 Å². The molecule has 1 unspecified atom stereocenters. The van der Waals surface area contributed by atoms with E-state index in [0.717, 1.165) is 57.6 Å². The molecule has 0 aromatic carbocycles. The van der Waals surface area contributed by atoms with E-state index in [9.17, 15) is 4.79 Å². The van der Waals surface area contributed by atoms with Crippen molar-refractivity contribution in [2.75, 3.05) is 19.7 Å². The number of carbonyl (C=O) groups excluding carboxylic acids is 1. The van der Waals surface area contributed by atoms with Gasteiger partial charge in [0.25, 0.3) is 0 Å². The third kappa shape index (κ3) is 39.1. The Morgan fingerprint density at radius 3 is 1.69 bits per heavy atom. The van der Waals surface area contributed by atoms with Gasteiger partial charge in [-0.2, -0.15) is 0 Å². The zero-order valence-corrected chi connectivity index (χ0v) is 28.5. The van der Waals surface area contributed by atoms with Gasteiger partial charge in [-0.25, -0.2) is 0 Å².